The van der Waals surface area contributed by atoms with Crippen LogP contribution in [0.25, 0.3) is 0 Å². The molecule has 1 aromatic carbocycles. The van der Waals surface area contributed by atoms with E-state index in [1.54, 1.807) is 4.57 Å². The number of ketones is 1. The first-order valence-corrected chi connectivity index (χ1v) is 8.07. The highest BCUT2D eigenvalue weighted by atomic mass is 19.2. The van der Waals surface area contributed by atoms with Crippen LogP contribution in [-0.4, -0.2) is 27.3 Å². The number of Topliss-reactive ketones (excluding diaryl/α,β-unsaturated/α-hetero) is 1. The normalized spacial score (nSPS) is 19.7. The first-order valence-electron chi connectivity index (χ1n) is 8.07. The molecule has 4 rings (SSSR count). The van der Waals surface area contributed by atoms with Gasteiger partial charge in [0, 0.05) is 23.5 Å². The molecular formula is C18H14F2N2O4. The maximum Gasteiger partial charge on any atom is 0.378 e. The maximum atomic E-state index is 13.3. The summed E-state index contributed by atoms with van der Waals surface area (Å²) in [6.45, 7) is 1.53. The zero-order chi connectivity index (χ0) is 18.7. The van der Waals surface area contributed by atoms with Gasteiger partial charge in [-0.1, -0.05) is 0 Å². The second-order valence-corrected chi connectivity index (χ2v) is 6.65. The molecule has 1 fully saturated rings. The molecule has 0 spiro atoms. The van der Waals surface area contributed by atoms with Crippen molar-refractivity contribution >= 4 is 23.3 Å². The quantitative estimate of drug-likeness (QED) is 0.648. The maximum absolute atomic E-state index is 13.3. The fraction of sp³-hybridized carbons (Fsp3) is 0.278. The number of nitrogens with one attached hydrogen (secondary N) is 1. The number of carboxylic acids is 1. The van der Waals surface area contributed by atoms with Gasteiger partial charge >= 0.3 is 5.97 Å². The van der Waals surface area contributed by atoms with Crippen molar-refractivity contribution in [3.05, 3.63) is 52.3 Å². The van der Waals surface area contributed by atoms with E-state index in [9.17, 15) is 23.2 Å². The molecule has 0 unspecified atom stereocenters. The third kappa shape index (κ3) is 2.33. The van der Waals surface area contributed by atoms with Crippen molar-refractivity contribution in [3.63, 3.8) is 0 Å². The number of anilines is 1. The Labute approximate surface area is 146 Å². The van der Waals surface area contributed by atoms with E-state index >= 15 is 0 Å². The van der Waals surface area contributed by atoms with Gasteiger partial charge in [0.1, 0.15) is 5.69 Å². The first-order chi connectivity index (χ1) is 12.3. The van der Waals surface area contributed by atoms with Gasteiger partial charge in [0.25, 0.3) is 11.7 Å². The summed E-state index contributed by atoms with van der Waals surface area (Å²) in [4.78, 5) is 36.0. The third-order valence-electron chi connectivity index (χ3n) is 5.04. The van der Waals surface area contributed by atoms with E-state index in [1.807, 2.05) is 0 Å². The van der Waals surface area contributed by atoms with Gasteiger partial charge in [0.2, 0.25) is 0 Å². The van der Waals surface area contributed by atoms with Crippen molar-refractivity contribution in [2.45, 2.75) is 25.8 Å². The molecule has 2 aliphatic rings. The minimum absolute atomic E-state index is 0.0212. The van der Waals surface area contributed by atoms with E-state index in [4.69, 9.17) is 5.11 Å². The number of aromatic nitrogens is 1. The topological polar surface area (TPSA) is 88.4 Å². The highest BCUT2D eigenvalue weighted by Gasteiger charge is 2.50. The molecule has 2 atom stereocenters. The van der Waals surface area contributed by atoms with E-state index in [0.717, 1.165) is 18.6 Å². The number of aliphatic carboxylic acids is 1. The number of benzene rings is 1. The van der Waals surface area contributed by atoms with Gasteiger partial charge in [0.15, 0.2) is 11.6 Å². The van der Waals surface area contributed by atoms with Gasteiger partial charge in [-0.15, -0.1) is 0 Å². The van der Waals surface area contributed by atoms with Gasteiger partial charge in [-0.05, 0) is 43.4 Å². The average molecular weight is 360 g/mol. The Kier molecular flexibility index (Phi) is 3.47. The lowest BCUT2D eigenvalue weighted by atomic mass is 10.0. The van der Waals surface area contributed by atoms with E-state index < -0.39 is 29.3 Å². The highest BCUT2D eigenvalue weighted by molar-refractivity contribution is 6.40. The van der Waals surface area contributed by atoms with Crippen LogP contribution in [0.2, 0.25) is 0 Å². The molecule has 2 heterocycles. The van der Waals surface area contributed by atoms with Crippen molar-refractivity contribution in [2.75, 3.05) is 5.32 Å². The van der Waals surface area contributed by atoms with Crippen LogP contribution in [0.5, 0.6) is 0 Å². The summed E-state index contributed by atoms with van der Waals surface area (Å²) in [5.74, 6) is -5.03. The Morgan fingerprint density at radius 3 is 2.62 bits per heavy atom. The van der Waals surface area contributed by atoms with Crippen molar-refractivity contribution < 1.29 is 28.3 Å². The molecule has 0 radical (unpaired) electrons. The minimum atomic E-state index is -1.58. The molecule has 26 heavy (non-hydrogen) atoms. The zero-order valence-electron chi connectivity index (χ0n) is 13.7. The smallest absolute Gasteiger partial charge is 0.378 e. The standard InChI is InChI=1S/C18H14F2N2O4/c1-7-14(17(24)21-9-2-3-10(19)11(20)6-9)13-5-8-4-12(8)22(13)15(7)16(23)18(25)26/h2-3,6,8,12H,4-5H2,1H3,(H,21,24)(H,25,26)/t8-,12-/m1/s1. The van der Waals surface area contributed by atoms with Gasteiger partial charge < -0.3 is 15.0 Å². The Morgan fingerprint density at radius 1 is 1.23 bits per heavy atom. The predicted octanol–water partition coefficient (Wildman–Crippen LogP) is 2.71. The Bertz CT molecular complexity index is 996. The fourth-order valence-electron chi connectivity index (χ4n) is 3.80. The molecule has 1 saturated carbocycles. The van der Waals surface area contributed by atoms with Gasteiger partial charge in [-0.2, -0.15) is 0 Å². The second-order valence-electron chi connectivity index (χ2n) is 6.65. The monoisotopic (exact) mass is 360 g/mol. The lowest BCUT2D eigenvalue weighted by molar-refractivity contribution is -0.131. The summed E-state index contributed by atoms with van der Waals surface area (Å²) in [5.41, 5.74) is 1.23. The van der Waals surface area contributed by atoms with Crippen LogP contribution < -0.4 is 5.32 Å². The SMILES string of the molecule is Cc1c(C(=O)Nc2ccc(F)c(F)c2)c2n(c1C(=O)C(=O)O)[C@@H]1C[C@@H]1C2. The summed E-state index contributed by atoms with van der Waals surface area (Å²) in [6.07, 6.45) is 1.43. The number of carbonyl (C=O) groups excluding carboxylic acids is 2. The van der Waals surface area contributed by atoms with Crippen LogP contribution in [0.1, 0.15) is 44.6 Å². The van der Waals surface area contributed by atoms with E-state index in [1.165, 1.54) is 13.0 Å². The number of amides is 1. The van der Waals surface area contributed by atoms with Crippen molar-refractivity contribution in [1.82, 2.24) is 4.57 Å². The number of hydrogen-bond acceptors (Lipinski definition) is 3. The molecule has 1 aliphatic carbocycles. The Morgan fingerprint density at radius 2 is 1.96 bits per heavy atom. The number of carbonyl (C=O) groups is 3. The van der Waals surface area contributed by atoms with Gasteiger partial charge in [-0.25, -0.2) is 13.6 Å². The number of fused-ring (bicyclic) bond motifs is 3. The second kappa shape index (κ2) is 5.48. The summed E-state index contributed by atoms with van der Waals surface area (Å²) < 4.78 is 28.0. The van der Waals surface area contributed by atoms with Crippen LogP contribution in [-0.2, 0) is 11.2 Å². The fourth-order valence-corrected chi connectivity index (χ4v) is 3.80. The molecule has 1 aromatic heterocycles. The average Bonchev–Trinajstić information content (AvgIpc) is 3.15. The molecule has 6 nitrogen and oxygen atoms in total. The summed E-state index contributed by atoms with van der Waals surface area (Å²) >= 11 is 0. The van der Waals surface area contributed by atoms with E-state index in [-0.39, 0.29) is 28.6 Å². The van der Waals surface area contributed by atoms with Crippen molar-refractivity contribution in [3.8, 4) is 0 Å². The summed E-state index contributed by atoms with van der Waals surface area (Å²) in [5, 5.41) is 11.6. The molecular weight excluding hydrogens is 346 g/mol. The highest BCUT2D eigenvalue weighted by Crippen LogP contribution is 2.54. The van der Waals surface area contributed by atoms with Crippen LogP contribution >= 0.6 is 0 Å². The number of nitrogens with zero attached hydrogens (tertiary/aromatic N) is 1. The van der Waals surface area contributed by atoms with Gasteiger partial charge in [-0.3, -0.25) is 9.59 Å². The molecule has 0 bridgehead atoms. The van der Waals surface area contributed by atoms with E-state index in [2.05, 4.69) is 5.32 Å². The molecule has 8 heteroatoms. The molecule has 2 aromatic rings. The molecule has 0 saturated heterocycles. The molecule has 1 aliphatic heterocycles. The molecule has 2 N–H and O–H groups in total. The Balaban J connectivity index is 1.75. The van der Waals surface area contributed by atoms with Crippen LogP contribution in [0, 0.1) is 24.5 Å². The van der Waals surface area contributed by atoms with Crippen LogP contribution in [0.15, 0.2) is 18.2 Å². The lowest BCUT2D eigenvalue weighted by Gasteiger charge is -2.08. The Hall–Kier alpha value is -3.03. The van der Waals surface area contributed by atoms with E-state index in [0.29, 0.717) is 18.0 Å². The number of hydrogen-bond donors (Lipinski definition) is 2. The number of carboxylic acid groups (broad SMARTS) is 1. The lowest BCUT2D eigenvalue weighted by Crippen LogP contribution is -2.18. The van der Waals surface area contributed by atoms with Gasteiger partial charge in [0.05, 0.1) is 5.56 Å². The first kappa shape index (κ1) is 16.4. The molecule has 1 amide bonds. The largest absolute Gasteiger partial charge is 0.475 e. The zero-order valence-corrected chi connectivity index (χ0v) is 13.7. The van der Waals surface area contributed by atoms with Crippen LogP contribution in [0.4, 0.5) is 14.5 Å². The minimum Gasteiger partial charge on any atom is -0.475 e. The van der Waals surface area contributed by atoms with Crippen molar-refractivity contribution in [1.29, 1.82) is 0 Å². The molecule has 134 valence electrons. The van der Waals surface area contributed by atoms with Crippen LogP contribution in [0.3, 0.4) is 0 Å². The summed E-state index contributed by atoms with van der Waals surface area (Å²) in [7, 11) is 0. The predicted molar refractivity (Wildman–Crippen MR) is 86.3 cm³/mol. The number of rotatable bonds is 4. The number of halogens is 2. The van der Waals surface area contributed by atoms with Crippen molar-refractivity contribution in [2.24, 2.45) is 5.92 Å². The third-order valence-corrected chi connectivity index (χ3v) is 5.04. The summed E-state index contributed by atoms with van der Waals surface area (Å²) in [6, 6.07) is 3.03.